The van der Waals surface area contributed by atoms with Crippen LogP contribution in [-0.4, -0.2) is 36.5 Å². The lowest BCUT2D eigenvalue weighted by atomic mass is 9.98. The molecular weight excluding hydrogens is 284 g/mol. The van der Waals surface area contributed by atoms with E-state index in [-0.39, 0.29) is 11.9 Å². The van der Waals surface area contributed by atoms with Gasteiger partial charge in [0, 0.05) is 17.6 Å². The third kappa shape index (κ3) is 5.01. The molecule has 1 aliphatic rings. The van der Waals surface area contributed by atoms with E-state index in [2.05, 4.69) is 19.2 Å². The van der Waals surface area contributed by atoms with Crippen LogP contribution in [-0.2, 0) is 11.2 Å². The Morgan fingerprint density at radius 1 is 1.48 bits per heavy atom. The van der Waals surface area contributed by atoms with Gasteiger partial charge in [-0.2, -0.15) is 0 Å². The van der Waals surface area contributed by atoms with Crippen LogP contribution in [0.4, 0.5) is 0 Å². The normalized spacial score (nSPS) is 18.8. The lowest BCUT2D eigenvalue weighted by Gasteiger charge is -2.33. The summed E-state index contributed by atoms with van der Waals surface area (Å²) in [6, 6.07) is 7.81. The van der Waals surface area contributed by atoms with E-state index in [9.17, 15) is 4.79 Å². The number of halogens is 1. The summed E-state index contributed by atoms with van der Waals surface area (Å²) in [5.41, 5.74) is 0.986. The van der Waals surface area contributed by atoms with Crippen molar-refractivity contribution < 1.29 is 4.79 Å². The number of carbonyl (C=O) groups is 1. The number of nitrogens with one attached hydrogen (secondary N) is 1. The zero-order valence-electron chi connectivity index (χ0n) is 12.9. The monoisotopic (exact) mass is 308 g/mol. The highest BCUT2D eigenvalue weighted by atomic mass is 35.5. The first kappa shape index (κ1) is 16.3. The van der Waals surface area contributed by atoms with Gasteiger partial charge in [-0.15, -0.1) is 0 Å². The molecule has 0 bridgehead atoms. The summed E-state index contributed by atoms with van der Waals surface area (Å²) in [5.74, 6) is 0.766. The van der Waals surface area contributed by atoms with Crippen LogP contribution in [0.1, 0.15) is 32.3 Å². The SMILES string of the molecule is CC(C)N(CC1CCCNC1)C(=O)Cc1cccc(Cl)c1. The third-order valence-corrected chi connectivity index (χ3v) is 4.28. The van der Waals surface area contributed by atoms with Crippen molar-refractivity contribution in [2.45, 2.75) is 39.2 Å². The molecule has 0 spiro atoms. The summed E-state index contributed by atoms with van der Waals surface area (Å²) >= 11 is 5.99. The molecule has 1 heterocycles. The molecule has 1 unspecified atom stereocenters. The highest BCUT2D eigenvalue weighted by molar-refractivity contribution is 6.30. The highest BCUT2D eigenvalue weighted by Crippen LogP contribution is 2.16. The molecule has 4 heteroatoms. The van der Waals surface area contributed by atoms with E-state index in [0.717, 1.165) is 25.2 Å². The molecule has 1 atom stereocenters. The summed E-state index contributed by atoms with van der Waals surface area (Å²) in [6.07, 6.45) is 2.85. The molecule has 116 valence electrons. The Morgan fingerprint density at radius 3 is 2.90 bits per heavy atom. The number of carbonyl (C=O) groups excluding carboxylic acids is 1. The molecule has 1 aliphatic heterocycles. The van der Waals surface area contributed by atoms with Gasteiger partial charge < -0.3 is 10.2 Å². The maximum atomic E-state index is 12.6. The van der Waals surface area contributed by atoms with Crippen molar-refractivity contribution >= 4 is 17.5 Å². The minimum atomic E-state index is 0.192. The predicted octanol–water partition coefficient (Wildman–Crippen LogP) is 3.12. The van der Waals surface area contributed by atoms with E-state index < -0.39 is 0 Å². The topological polar surface area (TPSA) is 32.3 Å². The van der Waals surface area contributed by atoms with Gasteiger partial charge in [-0.05, 0) is 63.4 Å². The van der Waals surface area contributed by atoms with Crippen molar-refractivity contribution in [1.29, 1.82) is 0 Å². The van der Waals surface area contributed by atoms with Gasteiger partial charge in [0.15, 0.2) is 0 Å². The second-order valence-corrected chi connectivity index (χ2v) is 6.60. The molecular formula is C17H25ClN2O. The number of nitrogens with zero attached hydrogens (tertiary/aromatic N) is 1. The first-order valence-electron chi connectivity index (χ1n) is 7.81. The molecule has 2 rings (SSSR count). The van der Waals surface area contributed by atoms with Gasteiger partial charge in [0.1, 0.15) is 0 Å². The van der Waals surface area contributed by atoms with Crippen LogP contribution >= 0.6 is 11.6 Å². The number of piperidine rings is 1. The fourth-order valence-electron chi connectivity index (χ4n) is 2.88. The molecule has 1 N–H and O–H groups in total. The Hall–Kier alpha value is -1.06. The van der Waals surface area contributed by atoms with Gasteiger partial charge in [0.05, 0.1) is 6.42 Å². The summed E-state index contributed by atoms with van der Waals surface area (Å²) in [5, 5.41) is 4.11. The quantitative estimate of drug-likeness (QED) is 0.906. The van der Waals surface area contributed by atoms with Crippen molar-refractivity contribution in [2.75, 3.05) is 19.6 Å². The number of rotatable bonds is 5. The number of amides is 1. The molecule has 1 fully saturated rings. The van der Waals surface area contributed by atoms with Gasteiger partial charge in [-0.1, -0.05) is 23.7 Å². The Morgan fingerprint density at radius 2 is 2.29 bits per heavy atom. The zero-order valence-corrected chi connectivity index (χ0v) is 13.7. The molecule has 1 aromatic carbocycles. The van der Waals surface area contributed by atoms with Gasteiger partial charge in [-0.3, -0.25) is 4.79 Å². The number of benzene rings is 1. The molecule has 21 heavy (non-hydrogen) atoms. The van der Waals surface area contributed by atoms with Gasteiger partial charge >= 0.3 is 0 Å². The van der Waals surface area contributed by atoms with Gasteiger partial charge in [-0.25, -0.2) is 0 Å². The zero-order chi connectivity index (χ0) is 15.2. The highest BCUT2D eigenvalue weighted by Gasteiger charge is 2.22. The maximum Gasteiger partial charge on any atom is 0.227 e. The van der Waals surface area contributed by atoms with Crippen molar-refractivity contribution in [3.05, 3.63) is 34.9 Å². The van der Waals surface area contributed by atoms with Crippen molar-refractivity contribution in [3.8, 4) is 0 Å². The first-order chi connectivity index (χ1) is 10.1. The third-order valence-electron chi connectivity index (χ3n) is 4.04. The van der Waals surface area contributed by atoms with E-state index in [0.29, 0.717) is 17.4 Å². The maximum absolute atomic E-state index is 12.6. The summed E-state index contributed by atoms with van der Waals surface area (Å²) < 4.78 is 0. The van der Waals surface area contributed by atoms with Crippen LogP contribution in [0.25, 0.3) is 0 Å². The minimum absolute atomic E-state index is 0.192. The van der Waals surface area contributed by atoms with Crippen molar-refractivity contribution in [2.24, 2.45) is 5.92 Å². The predicted molar refractivity (Wildman–Crippen MR) is 87.6 cm³/mol. The summed E-state index contributed by atoms with van der Waals surface area (Å²) in [4.78, 5) is 14.6. The Balaban J connectivity index is 1.98. The Labute approximate surface area is 132 Å². The van der Waals surface area contributed by atoms with Crippen LogP contribution in [0.15, 0.2) is 24.3 Å². The number of hydrogen-bond acceptors (Lipinski definition) is 2. The van der Waals surface area contributed by atoms with Crippen LogP contribution in [0.5, 0.6) is 0 Å². The molecule has 1 saturated heterocycles. The van der Waals surface area contributed by atoms with Crippen molar-refractivity contribution in [1.82, 2.24) is 10.2 Å². The van der Waals surface area contributed by atoms with Crippen molar-refractivity contribution in [3.63, 3.8) is 0 Å². The number of hydrogen-bond donors (Lipinski definition) is 1. The second-order valence-electron chi connectivity index (χ2n) is 6.16. The smallest absolute Gasteiger partial charge is 0.227 e. The molecule has 0 radical (unpaired) electrons. The standard InChI is InChI=1S/C17H25ClN2O/c1-13(2)20(12-15-6-4-8-19-11-15)17(21)10-14-5-3-7-16(18)9-14/h3,5,7,9,13,15,19H,4,6,8,10-12H2,1-2H3. The van der Waals surface area contributed by atoms with E-state index >= 15 is 0 Å². The molecule has 0 aliphatic carbocycles. The van der Waals surface area contributed by atoms with E-state index in [4.69, 9.17) is 11.6 Å². The lowest BCUT2D eigenvalue weighted by Crippen LogP contribution is -2.44. The molecule has 1 amide bonds. The first-order valence-corrected chi connectivity index (χ1v) is 8.18. The van der Waals surface area contributed by atoms with Crippen LogP contribution in [0.3, 0.4) is 0 Å². The van der Waals surface area contributed by atoms with E-state index in [1.165, 1.54) is 12.8 Å². The fourth-order valence-corrected chi connectivity index (χ4v) is 3.09. The van der Waals surface area contributed by atoms with Gasteiger partial charge in [0.2, 0.25) is 5.91 Å². The largest absolute Gasteiger partial charge is 0.340 e. The average Bonchev–Trinajstić information content (AvgIpc) is 2.45. The lowest BCUT2D eigenvalue weighted by molar-refractivity contribution is -0.133. The fraction of sp³-hybridized carbons (Fsp3) is 0.588. The average molecular weight is 309 g/mol. The summed E-state index contributed by atoms with van der Waals surface area (Å²) in [7, 11) is 0. The molecule has 1 aromatic rings. The molecule has 0 aromatic heterocycles. The van der Waals surface area contributed by atoms with E-state index in [1.807, 2.05) is 29.2 Å². The molecule has 3 nitrogen and oxygen atoms in total. The minimum Gasteiger partial charge on any atom is -0.340 e. The van der Waals surface area contributed by atoms with E-state index in [1.54, 1.807) is 0 Å². The second kappa shape index (κ2) is 7.81. The summed E-state index contributed by atoms with van der Waals surface area (Å²) in [6.45, 7) is 7.16. The Kier molecular flexibility index (Phi) is 6.07. The van der Waals surface area contributed by atoms with Crippen LogP contribution in [0.2, 0.25) is 5.02 Å². The van der Waals surface area contributed by atoms with Gasteiger partial charge in [0.25, 0.3) is 0 Å². The Bertz CT molecular complexity index is 470. The molecule has 0 saturated carbocycles. The van der Waals surface area contributed by atoms with Crippen LogP contribution < -0.4 is 5.32 Å². The van der Waals surface area contributed by atoms with Crippen LogP contribution in [0, 0.1) is 5.92 Å².